The van der Waals surface area contributed by atoms with Crippen molar-refractivity contribution >= 4 is 26.7 Å². The zero-order valence-electron chi connectivity index (χ0n) is 15.4. The van der Waals surface area contributed by atoms with Crippen LogP contribution < -0.4 is 4.90 Å². The van der Waals surface area contributed by atoms with Gasteiger partial charge in [-0.05, 0) is 50.8 Å². The number of benzene rings is 1. The van der Waals surface area contributed by atoms with Gasteiger partial charge >= 0.3 is 0 Å². The summed E-state index contributed by atoms with van der Waals surface area (Å²) in [4.78, 5) is 10.7. The molecule has 1 aliphatic rings. The van der Waals surface area contributed by atoms with Gasteiger partial charge in [0.2, 0.25) is 10.0 Å². The van der Waals surface area contributed by atoms with E-state index in [4.69, 9.17) is 0 Å². The summed E-state index contributed by atoms with van der Waals surface area (Å²) in [6.45, 7) is 5.79. The van der Waals surface area contributed by atoms with E-state index < -0.39 is 10.0 Å². The van der Waals surface area contributed by atoms with Gasteiger partial charge in [-0.2, -0.15) is 4.31 Å². The van der Waals surface area contributed by atoms with Gasteiger partial charge in [0.15, 0.2) is 0 Å². The molecule has 1 fully saturated rings. The van der Waals surface area contributed by atoms with Crippen LogP contribution >= 0.6 is 0 Å². The van der Waals surface area contributed by atoms with Crippen LogP contribution in [0.2, 0.25) is 0 Å². The molecule has 0 radical (unpaired) electrons. The van der Waals surface area contributed by atoms with Gasteiger partial charge in [0.25, 0.3) is 0 Å². The predicted molar refractivity (Wildman–Crippen MR) is 101 cm³/mol. The van der Waals surface area contributed by atoms with Crippen LogP contribution in [0.3, 0.4) is 0 Å². The number of hydrogen-bond donors (Lipinski definition) is 0. The van der Waals surface area contributed by atoms with Crippen molar-refractivity contribution in [2.45, 2.75) is 32.7 Å². The zero-order chi connectivity index (χ0) is 18.9. The minimum absolute atomic E-state index is 0.0747. The smallest absolute Gasteiger partial charge is 0.211 e. The Bertz CT molecular complexity index is 888. The molecule has 0 spiro atoms. The molecule has 0 aliphatic carbocycles. The van der Waals surface area contributed by atoms with Crippen molar-refractivity contribution in [3.8, 4) is 0 Å². The fourth-order valence-electron chi connectivity index (χ4n) is 3.66. The van der Waals surface area contributed by atoms with E-state index in [1.807, 2.05) is 13.8 Å². The minimum atomic E-state index is -3.25. The van der Waals surface area contributed by atoms with E-state index in [-0.39, 0.29) is 17.8 Å². The lowest BCUT2D eigenvalue weighted by molar-refractivity contribution is 0.277. The van der Waals surface area contributed by atoms with Crippen molar-refractivity contribution in [1.29, 1.82) is 0 Å². The van der Waals surface area contributed by atoms with Crippen LogP contribution in [-0.2, 0) is 10.0 Å². The molecule has 6 nitrogen and oxygen atoms in total. The first-order valence-electron chi connectivity index (χ1n) is 8.87. The SMILES string of the molecule is CC(C)N(CC1CCCN(c2ncnc3ccc(F)cc23)C1)S(C)(=O)=O. The molecule has 1 aromatic carbocycles. The molecule has 2 heterocycles. The first kappa shape index (κ1) is 19.0. The van der Waals surface area contributed by atoms with Gasteiger partial charge in [0, 0.05) is 31.1 Å². The van der Waals surface area contributed by atoms with Crippen LogP contribution in [0.1, 0.15) is 26.7 Å². The van der Waals surface area contributed by atoms with Crippen LogP contribution in [0.5, 0.6) is 0 Å². The maximum Gasteiger partial charge on any atom is 0.211 e. The molecule has 0 amide bonds. The van der Waals surface area contributed by atoms with Crippen molar-refractivity contribution in [3.05, 3.63) is 30.3 Å². The second-order valence-electron chi connectivity index (χ2n) is 7.24. The second-order valence-corrected chi connectivity index (χ2v) is 9.17. The van der Waals surface area contributed by atoms with E-state index in [0.717, 1.165) is 25.2 Å². The molecule has 142 valence electrons. The summed E-state index contributed by atoms with van der Waals surface area (Å²) < 4.78 is 39.4. The number of piperidine rings is 1. The Labute approximate surface area is 154 Å². The van der Waals surface area contributed by atoms with Crippen molar-refractivity contribution in [3.63, 3.8) is 0 Å². The second kappa shape index (κ2) is 7.44. The Balaban J connectivity index is 1.84. The fraction of sp³-hybridized carbons (Fsp3) is 0.556. The van der Waals surface area contributed by atoms with Gasteiger partial charge in [0.05, 0.1) is 11.8 Å². The van der Waals surface area contributed by atoms with Crippen molar-refractivity contribution in [2.75, 3.05) is 30.8 Å². The molecule has 1 atom stereocenters. The largest absolute Gasteiger partial charge is 0.356 e. The zero-order valence-corrected chi connectivity index (χ0v) is 16.2. The molecule has 2 aromatic rings. The first-order valence-corrected chi connectivity index (χ1v) is 10.7. The molecule has 1 aliphatic heterocycles. The molecule has 0 saturated carbocycles. The number of hydrogen-bond acceptors (Lipinski definition) is 5. The molecule has 0 N–H and O–H groups in total. The van der Waals surface area contributed by atoms with Gasteiger partial charge in [-0.3, -0.25) is 0 Å². The highest BCUT2D eigenvalue weighted by Crippen LogP contribution is 2.28. The maximum atomic E-state index is 13.7. The Morgan fingerprint density at radius 3 is 2.81 bits per heavy atom. The summed E-state index contributed by atoms with van der Waals surface area (Å²) in [5.41, 5.74) is 0.707. The van der Waals surface area contributed by atoms with Crippen molar-refractivity contribution in [1.82, 2.24) is 14.3 Å². The number of nitrogens with zero attached hydrogens (tertiary/aromatic N) is 4. The summed E-state index contributed by atoms with van der Waals surface area (Å²) >= 11 is 0. The summed E-state index contributed by atoms with van der Waals surface area (Å²) in [6, 6.07) is 4.44. The Morgan fingerprint density at radius 2 is 2.12 bits per heavy atom. The third kappa shape index (κ3) is 4.12. The third-order valence-electron chi connectivity index (χ3n) is 4.83. The third-order valence-corrected chi connectivity index (χ3v) is 6.26. The number of anilines is 1. The molecule has 1 aromatic heterocycles. The lowest BCUT2D eigenvalue weighted by atomic mass is 9.97. The molecule has 26 heavy (non-hydrogen) atoms. The van der Waals surface area contributed by atoms with E-state index >= 15 is 0 Å². The normalized spacial score (nSPS) is 18.8. The highest BCUT2D eigenvalue weighted by molar-refractivity contribution is 7.88. The van der Waals surface area contributed by atoms with Crippen LogP contribution in [-0.4, -0.2) is 54.6 Å². The molecule has 8 heteroatoms. The molecule has 3 rings (SSSR count). The van der Waals surface area contributed by atoms with Crippen LogP contribution in [0.25, 0.3) is 10.9 Å². The molecule has 0 bridgehead atoms. The average molecular weight is 380 g/mol. The summed E-state index contributed by atoms with van der Waals surface area (Å²) in [5.74, 6) is 0.610. The molecule has 1 saturated heterocycles. The van der Waals surface area contributed by atoms with Gasteiger partial charge in [-0.25, -0.2) is 22.8 Å². The number of halogens is 1. The highest BCUT2D eigenvalue weighted by atomic mass is 32.2. The monoisotopic (exact) mass is 380 g/mol. The van der Waals surface area contributed by atoms with Gasteiger partial charge in [-0.15, -0.1) is 0 Å². The van der Waals surface area contributed by atoms with Crippen LogP contribution in [0.4, 0.5) is 10.2 Å². The van der Waals surface area contributed by atoms with Gasteiger partial charge in [-0.1, -0.05) is 0 Å². The van der Waals surface area contributed by atoms with Gasteiger partial charge in [0.1, 0.15) is 18.0 Å². The standard InChI is InChI=1S/C18H25FN4O2S/c1-13(2)23(26(3,24)25)11-14-5-4-8-22(10-14)18-16-9-15(19)6-7-17(16)20-12-21-18/h6-7,9,12-14H,4-5,8,10-11H2,1-3H3. The van der Waals surface area contributed by atoms with Crippen molar-refractivity contribution < 1.29 is 12.8 Å². The summed E-state index contributed by atoms with van der Waals surface area (Å²) in [7, 11) is -3.25. The van der Waals surface area contributed by atoms with E-state index in [1.165, 1.54) is 24.7 Å². The summed E-state index contributed by atoms with van der Waals surface area (Å²) in [5, 5.41) is 0.692. The summed E-state index contributed by atoms with van der Waals surface area (Å²) in [6.07, 6.45) is 4.66. The Morgan fingerprint density at radius 1 is 1.35 bits per heavy atom. The Hall–Kier alpha value is -1.80. The van der Waals surface area contributed by atoms with Crippen LogP contribution in [0.15, 0.2) is 24.5 Å². The number of rotatable bonds is 5. The lowest BCUT2D eigenvalue weighted by Crippen LogP contribution is -2.45. The average Bonchev–Trinajstić information content (AvgIpc) is 2.58. The fourth-order valence-corrected chi connectivity index (χ4v) is 4.90. The number of sulfonamides is 1. The molecular formula is C18H25FN4O2S. The van der Waals surface area contributed by atoms with E-state index in [0.29, 0.717) is 24.0 Å². The van der Waals surface area contributed by atoms with Crippen LogP contribution in [0, 0.1) is 11.7 Å². The Kier molecular flexibility index (Phi) is 5.43. The first-order chi connectivity index (χ1) is 12.3. The molecular weight excluding hydrogens is 355 g/mol. The van der Waals surface area contributed by atoms with Gasteiger partial charge < -0.3 is 4.90 Å². The predicted octanol–water partition coefficient (Wildman–Crippen LogP) is 2.66. The topological polar surface area (TPSA) is 66.4 Å². The number of fused-ring (bicyclic) bond motifs is 1. The minimum Gasteiger partial charge on any atom is -0.356 e. The maximum absolute atomic E-state index is 13.7. The van der Waals surface area contributed by atoms with E-state index in [9.17, 15) is 12.8 Å². The highest BCUT2D eigenvalue weighted by Gasteiger charge is 2.28. The quantitative estimate of drug-likeness (QED) is 0.798. The lowest BCUT2D eigenvalue weighted by Gasteiger charge is -2.37. The van der Waals surface area contributed by atoms with E-state index in [1.54, 1.807) is 10.4 Å². The number of aromatic nitrogens is 2. The van der Waals surface area contributed by atoms with Crippen molar-refractivity contribution in [2.24, 2.45) is 5.92 Å². The molecule has 1 unspecified atom stereocenters. The van der Waals surface area contributed by atoms with E-state index in [2.05, 4.69) is 14.9 Å².